The normalized spacial score (nSPS) is 23.5. The van der Waals surface area contributed by atoms with Gasteiger partial charge in [-0.3, -0.25) is 9.69 Å². The number of rotatable bonds is 2. The molecule has 0 spiro atoms. The fourth-order valence-corrected chi connectivity index (χ4v) is 3.44. The van der Waals surface area contributed by atoms with Gasteiger partial charge in [-0.25, -0.2) is 0 Å². The molecule has 0 radical (unpaired) electrons. The first-order chi connectivity index (χ1) is 9.65. The summed E-state index contributed by atoms with van der Waals surface area (Å²) in [5, 5.41) is 0.924. The molecule has 3 nitrogen and oxygen atoms in total. The van der Waals surface area contributed by atoms with E-state index in [1.807, 2.05) is 4.90 Å². The van der Waals surface area contributed by atoms with Crippen molar-refractivity contribution >= 4 is 29.1 Å². The molecule has 0 N–H and O–H groups in total. The van der Waals surface area contributed by atoms with Crippen LogP contribution in [0, 0.1) is 0 Å². The quantitative estimate of drug-likeness (QED) is 0.836. The topological polar surface area (TPSA) is 23.6 Å². The Morgan fingerprint density at radius 1 is 1.10 bits per heavy atom. The Morgan fingerprint density at radius 3 is 2.55 bits per heavy atom. The van der Waals surface area contributed by atoms with E-state index in [4.69, 9.17) is 23.2 Å². The van der Waals surface area contributed by atoms with E-state index in [2.05, 4.69) is 4.90 Å². The molecular weight excluding hydrogens is 295 g/mol. The predicted octanol–water partition coefficient (Wildman–Crippen LogP) is 3.30. The zero-order valence-electron chi connectivity index (χ0n) is 11.3. The van der Waals surface area contributed by atoms with Crippen LogP contribution >= 0.6 is 23.2 Å². The number of likely N-dealkylation sites (tertiary alicyclic amines) is 2. The molecule has 1 aromatic rings. The molecule has 2 aliphatic rings. The number of halogens is 2. The number of carbonyl (C=O) groups is 1. The molecule has 1 aromatic carbocycles. The van der Waals surface area contributed by atoms with Crippen LogP contribution in [0.5, 0.6) is 0 Å². The van der Waals surface area contributed by atoms with E-state index in [0.29, 0.717) is 21.7 Å². The summed E-state index contributed by atoms with van der Waals surface area (Å²) in [7, 11) is 0. The molecule has 2 saturated heterocycles. The van der Waals surface area contributed by atoms with Gasteiger partial charge in [-0.2, -0.15) is 0 Å². The van der Waals surface area contributed by atoms with Gasteiger partial charge < -0.3 is 4.90 Å². The zero-order chi connectivity index (χ0) is 14.1. The third-order valence-electron chi connectivity index (χ3n) is 4.27. The number of hydrogen-bond acceptors (Lipinski definition) is 2. The Bertz CT molecular complexity index is 515. The Hall–Kier alpha value is -0.770. The van der Waals surface area contributed by atoms with Crippen LogP contribution in [-0.2, 0) is 0 Å². The zero-order valence-corrected chi connectivity index (χ0v) is 12.8. The average Bonchev–Trinajstić information content (AvgIpc) is 3.11. The highest BCUT2D eigenvalue weighted by Gasteiger charge is 2.31. The molecular formula is C15H18Cl2N2O. The molecule has 1 atom stereocenters. The van der Waals surface area contributed by atoms with Crippen molar-refractivity contribution in [1.82, 2.24) is 9.80 Å². The van der Waals surface area contributed by atoms with Crippen molar-refractivity contribution < 1.29 is 4.79 Å². The van der Waals surface area contributed by atoms with Gasteiger partial charge in [0.15, 0.2) is 0 Å². The highest BCUT2D eigenvalue weighted by molar-refractivity contribution is 6.42. The Balaban J connectivity index is 1.67. The van der Waals surface area contributed by atoms with Gasteiger partial charge in [0.2, 0.25) is 0 Å². The van der Waals surface area contributed by atoms with Crippen LogP contribution in [-0.4, -0.2) is 47.9 Å². The maximum Gasteiger partial charge on any atom is 0.253 e. The lowest BCUT2D eigenvalue weighted by molar-refractivity contribution is 0.0780. The van der Waals surface area contributed by atoms with E-state index in [1.165, 1.54) is 25.9 Å². The minimum atomic E-state index is 0.0604. The minimum Gasteiger partial charge on any atom is -0.337 e. The molecule has 20 heavy (non-hydrogen) atoms. The smallest absolute Gasteiger partial charge is 0.253 e. The monoisotopic (exact) mass is 312 g/mol. The number of carbonyl (C=O) groups excluding carboxylic acids is 1. The lowest BCUT2D eigenvalue weighted by atomic mass is 10.2. The highest BCUT2D eigenvalue weighted by atomic mass is 35.5. The number of nitrogens with zero attached hydrogens (tertiary/aromatic N) is 2. The van der Waals surface area contributed by atoms with Crippen LogP contribution in [0.15, 0.2) is 18.2 Å². The fourth-order valence-electron chi connectivity index (χ4n) is 3.14. The Labute approximate surface area is 129 Å². The van der Waals surface area contributed by atoms with E-state index in [0.717, 1.165) is 19.5 Å². The van der Waals surface area contributed by atoms with Crippen LogP contribution < -0.4 is 0 Å². The lowest BCUT2D eigenvalue weighted by Gasteiger charge is -2.23. The van der Waals surface area contributed by atoms with Crippen LogP contribution in [0.2, 0.25) is 10.0 Å². The molecule has 1 amide bonds. The van der Waals surface area contributed by atoms with Crippen molar-refractivity contribution in [3.63, 3.8) is 0 Å². The summed E-state index contributed by atoms with van der Waals surface area (Å²) in [5.41, 5.74) is 0.626. The number of hydrogen-bond donors (Lipinski definition) is 0. The summed E-state index contributed by atoms with van der Waals surface area (Å²) in [6.07, 6.45) is 3.65. The molecule has 2 aliphatic heterocycles. The molecule has 0 aromatic heterocycles. The molecule has 0 saturated carbocycles. The van der Waals surface area contributed by atoms with Crippen molar-refractivity contribution in [2.75, 3.05) is 26.2 Å². The maximum absolute atomic E-state index is 12.5. The Kier molecular flexibility index (Phi) is 4.20. The highest BCUT2D eigenvalue weighted by Crippen LogP contribution is 2.25. The predicted molar refractivity (Wildman–Crippen MR) is 81.6 cm³/mol. The van der Waals surface area contributed by atoms with Crippen molar-refractivity contribution in [2.45, 2.75) is 25.3 Å². The number of benzene rings is 1. The van der Waals surface area contributed by atoms with E-state index in [-0.39, 0.29) is 5.91 Å². The summed E-state index contributed by atoms with van der Waals surface area (Å²) in [5.74, 6) is 0.0604. The van der Waals surface area contributed by atoms with Crippen molar-refractivity contribution in [3.8, 4) is 0 Å². The second-order valence-electron chi connectivity index (χ2n) is 5.57. The third kappa shape index (κ3) is 2.80. The molecule has 2 heterocycles. The minimum absolute atomic E-state index is 0.0604. The number of amides is 1. The molecule has 1 unspecified atom stereocenters. The molecule has 0 aliphatic carbocycles. The summed E-state index contributed by atoms with van der Waals surface area (Å²) >= 11 is 11.9. The first-order valence-corrected chi connectivity index (χ1v) is 7.89. The maximum atomic E-state index is 12.5. The van der Waals surface area contributed by atoms with Crippen molar-refractivity contribution in [2.24, 2.45) is 0 Å². The van der Waals surface area contributed by atoms with Crippen LogP contribution in [0.3, 0.4) is 0 Å². The second-order valence-corrected chi connectivity index (χ2v) is 6.38. The van der Waals surface area contributed by atoms with E-state index in [1.54, 1.807) is 18.2 Å². The third-order valence-corrected chi connectivity index (χ3v) is 5.01. The van der Waals surface area contributed by atoms with Crippen molar-refractivity contribution in [1.29, 1.82) is 0 Å². The van der Waals surface area contributed by atoms with Gasteiger partial charge in [0.1, 0.15) is 0 Å². The average molecular weight is 313 g/mol. The fraction of sp³-hybridized carbons (Fsp3) is 0.533. The van der Waals surface area contributed by atoms with E-state index >= 15 is 0 Å². The molecule has 0 bridgehead atoms. The van der Waals surface area contributed by atoms with E-state index in [9.17, 15) is 4.79 Å². The van der Waals surface area contributed by atoms with Gasteiger partial charge in [-0.05, 0) is 50.6 Å². The van der Waals surface area contributed by atoms with Crippen molar-refractivity contribution in [3.05, 3.63) is 33.8 Å². The summed E-state index contributed by atoms with van der Waals surface area (Å²) < 4.78 is 0. The van der Waals surface area contributed by atoms with Gasteiger partial charge in [-0.15, -0.1) is 0 Å². The second kappa shape index (κ2) is 5.92. The summed E-state index contributed by atoms with van der Waals surface area (Å²) in [6, 6.07) is 5.63. The molecule has 5 heteroatoms. The van der Waals surface area contributed by atoms with Gasteiger partial charge in [0.05, 0.1) is 10.0 Å². The standard InChI is InChI=1S/C15H18Cl2N2O/c16-13-4-3-11(9-14(13)17)15(20)19-8-5-12(10-19)18-6-1-2-7-18/h3-4,9,12H,1-2,5-8,10H2. The van der Waals surface area contributed by atoms with Gasteiger partial charge in [0.25, 0.3) is 5.91 Å². The largest absolute Gasteiger partial charge is 0.337 e. The Morgan fingerprint density at radius 2 is 1.85 bits per heavy atom. The molecule has 3 rings (SSSR count). The molecule has 2 fully saturated rings. The van der Waals surface area contributed by atoms with Gasteiger partial charge in [0, 0.05) is 24.7 Å². The summed E-state index contributed by atoms with van der Waals surface area (Å²) in [6.45, 7) is 4.03. The van der Waals surface area contributed by atoms with E-state index < -0.39 is 0 Å². The van der Waals surface area contributed by atoms with Crippen LogP contribution in [0.25, 0.3) is 0 Å². The first-order valence-electron chi connectivity index (χ1n) is 7.13. The molecule has 108 valence electrons. The van der Waals surface area contributed by atoms with Gasteiger partial charge in [-0.1, -0.05) is 23.2 Å². The van der Waals surface area contributed by atoms with Crippen LogP contribution in [0.1, 0.15) is 29.6 Å². The lowest BCUT2D eigenvalue weighted by Crippen LogP contribution is -2.37. The summed E-state index contributed by atoms with van der Waals surface area (Å²) in [4.78, 5) is 16.9. The van der Waals surface area contributed by atoms with Gasteiger partial charge >= 0.3 is 0 Å². The SMILES string of the molecule is O=C(c1ccc(Cl)c(Cl)c1)N1CCC(N2CCCC2)C1. The van der Waals surface area contributed by atoms with Crippen LogP contribution in [0.4, 0.5) is 0 Å². The first kappa shape index (κ1) is 14.2.